The van der Waals surface area contributed by atoms with Crippen molar-refractivity contribution in [2.24, 2.45) is 0 Å². The summed E-state index contributed by atoms with van der Waals surface area (Å²) in [6.07, 6.45) is 5.63. The van der Waals surface area contributed by atoms with Gasteiger partial charge in [-0.25, -0.2) is 9.78 Å². The van der Waals surface area contributed by atoms with E-state index in [-0.39, 0.29) is 11.9 Å². The summed E-state index contributed by atoms with van der Waals surface area (Å²) in [5.41, 5.74) is 2.49. The molecule has 0 spiro atoms. The lowest BCUT2D eigenvalue weighted by molar-refractivity contribution is 0.241. The number of carbonyl (C=O) groups is 1. The Morgan fingerprint density at radius 2 is 1.74 bits per heavy atom. The van der Waals surface area contributed by atoms with Crippen LogP contribution >= 0.6 is 0 Å². The van der Waals surface area contributed by atoms with Crippen LogP contribution in [0.3, 0.4) is 0 Å². The zero-order valence-corrected chi connectivity index (χ0v) is 12.8. The van der Waals surface area contributed by atoms with Crippen molar-refractivity contribution in [3.8, 4) is 0 Å². The maximum Gasteiger partial charge on any atom is 0.326 e. The first-order valence-electron chi connectivity index (χ1n) is 7.68. The number of rotatable bonds is 5. The van der Waals surface area contributed by atoms with E-state index in [1.165, 1.54) is 22.0 Å². The molecule has 0 fully saturated rings. The van der Waals surface area contributed by atoms with Crippen molar-refractivity contribution in [3.05, 3.63) is 90.5 Å². The summed E-state index contributed by atoms with van der Waals surface area (Å²) in [4.78, 5) is 16.0. The van der Waals surface area contributed by atoms with Crippen LogP contribution in [0.15, 0.2) is 79.4 Å². The third-order valence-corrected chi connectivity index (χ3v) is 3.83. The first-order chi connectivity index (χ1) is 11.3. The van der Waals surface area contributed by atoms with Gasteiger partial charge in [0, 0.05) is 24.9 Å². The van der Waals surface area contributed by atoms with Gasteiger partial charge in [0.15, 0.2) is 0 Å². The van der Waals surface area contributed by atoms with Crippen molar-refractivity contribution in [1.82, 2.24) is 14.9 Å². The first-order valence-corrected chi connectivity index (χ1v) is 7.68. The van der Waals surface area contributed by atoms with E-state index in [4.69, 9.17) is 0 Å². The predicted octanol–water partition coefficient (Wildman–Crippen LogP) is 3.47. The molecule has 4 nitrogen and oxygen atoms in total. The Kier molecular flexibility index (Phi) is 4.84. The topological polar surface area (TPSA) is 46.9 Å². The monoisotopic (exact) mass is 305 g/mol. The van der Waals surface area contributed by atoms with Gasteiger partial charge in [-0.3, -0.25) is 4.57 Å². The molecular formula is C19H19N3O. The Morgan fingerprint density at radius 3 is 2.39 bits per heavy atom. The molecule has 4 heteroatoms. The molecule has 0 bridgehead atoms. The molecule has 0 saturated carbocycles. The standard InChI is InChI=1S/C19H19N3O/c23-19(22-12-11-20-15-22)21-14-18(17-9-5-2-6-10-17)13-16-7-3-1-4-8-16/h1-12,15,18H,13-14H2,(H,21,23). The average molecular weight is 305 g/mol. The lowest BCUT2D eigenvalue weighted by Crippen LogP contribution is -2.32. The van der Waals surface area contributed by atoms with Gasteiger partial charge in [0.25, 0.3) is 0 Å². The number of nitrogens with zero attached hydrogens (tertiary/aromatic N) is 2. The summed E-state index contributed by atoms with van der Waals surface area (Å²) in [6.45, 7) is 0.579. The highest BCUT2D eigenvalue weighted by molar-refractivity contribution is 5.76. The Bertz CT molecular complexity index is 724. The van der Waals surface area contributed by atoms with E-state index in [1.807, 2.05) is 36.4 Å². The van der Waals surface area contributed by atoms with Crippen LogP contribution in [0.25, 0.3) is 0 Å². The minimum absolute atomic E-state index is 0.156. The van der Waals surface area contributed by atoms with E-state index in [0.717, 1.165) is 6.42 Å². The van der Waals surface area contributed by atoms with E-state index in [2.05, 4.69) is 34.6 Å². The summed E-state index contributed by atoms with van der Waals surface area (Å²) < 4.78 is 1.45. The number of benzene rings is 2. The van der Waals surface area contributed by atoms with Crippen LogP contribution in [0.5, 0.6) is 0 Å². The summed E-state index contributed by atoms with van der Waals surface area (Å²) >= 11 is 0. The van der Waals surface area contributed by atoms with Crippen LogP contribution in [0.2, 0.25) is 0 Å². The van der Waals surface area contributed by atoms with Crippen molar-refractivity contribution < 1.29 is 4.79 Å². The second kappa shape index (κ2) is 7.40. The van der Waals surface area contributed by atoms with Crippen molar-refractivity contribution in [1.29, 1.82) is 0 Å². The normalized spacial score (nSPS) is 11.8. The molecule has 3 aromatic rings. The second-order valence-electron chi connectivity index (χ2n) is 5.45. The Morgan fingerprint density at radius 1 is 1.04 bits per heavy atom. The van der Waals surface area contributed by atoms with E-state index in [1.54, 1.807) is 12.4 Å². The number of hydrogen-bond donors (Lipinski definition) is 1. The summed E-state index contributed by atoms with van der Waals surface area (Å²) in [6, 6.07) is 20.5. The lowest BCUT2D eigenvalue weighted by Gasteiger charge is -2.18. The fourth-order valence-corrected chi connectivity index (χ4v) is 2.61. The van der Waals surface area contributed by atoms with Gasteiger partial charge in [0.1, 0.15) is 6.33 Å². The van der Waals surface area contributed by atoms with Crippen LogP contribution < -0.4 is 5.32 Å². The summed E-state index contributed by atoms with van der Waals surface area (Å²) in [5, 5.41) is 2.99. The molecule has 2 aromatic carbocycles. The van der Waals surface area contributed by atoms with Crippen LogP contribution in [0.4, 0.5) is 4.79 Å². The molecule has 0 aliphatic carbocycles. The number of imidazole rings is 1. The van der Waals surface area contributed by atoms with E-state index >= 15 is 0 Å². The Labute approximate surface area is 135 Å². The molecule has 0 radical (unpaired) electrons. The fourth-order valence-electron chi connectivity index (χ4n) is 2.61. The third kappa shape index (κ3) is 4.07. The van der Waals surface area contributed by atoms with Crippen LogP contribution in [-0.4, -0.2) is 22.1 Å². The Hall–Kier alpha value is -2.88. The van der Waals surface area contributed by atoms with Crippen molar-refractivity contribution in [2.75, 3.05) is 6.54 Å². The number of amides is 1. The second-order valence-corrected chi connectivity index (χ2v) is 5.45. The highest BCUT2D eigenvalue weighted by Gasteiger charge is 2.14. The van der Waals surface area contributed by atoms with E-state index in [0.29, 0.717) is 6.54 Å². The van der Waals surface area contributed by atoms with Gasteiger partial charge in [0.05, 0.1) is 0 Å². The van der Waals surface area contributed by atoms with Crippen molar-refractivity contribution in [2.45, 2.75) is 12.3 Å². The molecule has 1 unspecified atom stereocenters. The van der Waals surface area contributed by atoms with Gasteiger partial charge in [-0.2, -0.15) is 0 Å². The largest absolute Gasteiger partial charge is 0.337 e. The van der Waals surface area contributed by atoms with Gasteiger partial charge in [-0.05, 0) is 17.5 Å². The molecule has 0 saturated heterocycles. The number of nitrogens with one attached hydrogen (secondary N) is 1. The van der Waals surface area contributed by atoms with Gasteiger partial charge in [0.2, 0.25) is 0 Å². The summed E-state index contributed by atoms with van der Waals surface area (Å²) in [7, 11) is 0. The molecule has 1 amide bonds. The first kappa shape index (κ1) is 15.0. The van der Waals surface area contributed by atoms with E-state index in [9.17, 15) is 4.79 Å². The summed E-state index contributed by atoms with van der Waals surface area (Å²) in [5.74, 6) is 0.228. The van der Waals surface area contributed by atoms with Gasteiger partial charge < -0.3 is 5.32 Å². The Balaban J connectivity index is 1.71. The van der Waals surface area contributed by atoms with Crippen LogP contribution in [-0.2, 0) is 6.42 Å². The molecular weight excluding hydrogens is 286 g/mol. The number of hydrogen-bond acceptors (Lipinski definition) is 2. The quantitative estimate of drug-likeness (QED) is 0.784. The highest BCUT2D eigenvalue weighted by atomic mass is 16.2. The zero-order valence-electron chi connectivity index (χ0n) is 12.8. The van der Waals surface area contributed by atoms with Crippen molar-refractivity contribution in [3.63, 3.8) is 0 Å². The highest BCUT2D eigenvalue weighted by Crippen LogP contribution is 2.20. The third-order valence-electron chi connectivity index (χ3n) is 3.83. The van der Waals surface area contributed by atoms with Crippen molar-refractivity contribution >= 4 is 6.03 Å². The van der Waals surface area contributed by atoms with Gasteiger partial charge in [-0.15, -0.1) is 0 Å². The fraction of sp³-hybridized carbons (Fsp3) is 0.158. The molecule has 1 aromatic heterocycles. The molecule has 0 aliphatic heterocycles. The smallest absolute Gasteiger partial charge is 0.326 e. The predicted molar refractivity (Wildman–Crippen MR) is 90.4 cm³/mol. The zero-order chi connectivity index (χ0) is 15.9. The molecule has 1 atom stereocenters. The maximum absolute atomic E-state index is 12.1. The SMILES string of the molecule is O=C(NCC(Cc1ccccc1)c1ccccc1)n1ccnc1. The lowest BCUT2D eigenvalue weighted by atomic mass is 9.92. The minimum atomic E-state index is -0.156. The maximum atomic E-state index is 12.1. The molecule has 23 heavy (non-hydrogen) atoms. The van der Waals surface area contributed by atoms with Crippen LogP contribution in [0.1, 0.15) is 17.0 Å². The molecule has 0 aliphatic rings. The molecule has 1 heterocycles. The van der Waals surface area contributed by atoms with Gasteiger partial charge in [-0.1, -0.05) is 60.7 Å². The van der Waals surface area contributed by atoms with Gasteiger partial charge >= 0.3 is 6.03 Å². The average Bonchev–Trinajstić information content (AvgIpc) is 3.15. The molecule has 116 valence electrons. The van der Waals surface area contributed by atoms with Crippen LogP contribution in [0, 0.1) is 0 Å². The van der Waals surface area contributed by atoms with E-state index < -0.39 is 0 Å². The number of carbonyl (C=O) groups excluding carboxylic acids is 1. The minimum Gasteiger partial charge on any atom is -0.337 e. The molecule has 3 rings (SSSR count). The number of aromatic nitrogens is 2. The molecule has 1 N–H and O–H groups in total.